The molecule has 0 radical (unpaired) electrons. The second kappa shape index (κ2) is 7.16. The predicted octanol–water partition coefficient (Wildman–Crippen LogP) is 2.18. The van der Waals surface area contributed by atoms with Gasteiger partial charge in [-0.15, -0.1) is 0 Å². The van der Waals surface area contributed by atoms with Crippen molar-refractivity contribution >= 4 is 0 Å². The highest BCUT2D eigenvalue weighted by Gasteiger charge is 2.27. The molecule has 1 saturated carbocycles. The summed E-state index contributed by atoms with van der Waals surface area (Å²) in [6, 6.07) is 6.97. The van der Waals surface area contributed by atoms with Crippen LogP contribution >= 0.6 is 0 Å². The molecule has 2 rings (SSSR count). The summed E-state index contributed by atoms with van der Waals surface area (Å²) in [6.07, 6.45) is 2.81. The van der Waals surface area contributed by atoms with Crippen LogP contribution in [0.1, 0.15) is 30.9 Å². The van der Waals surface area contributed by atoms with Gasteiger partial charge in [0.25, 0.3) is 0 Å². The molecular formula is C16H25FN2O. The van der Waals surface area contributed by atoms with Crippen molar-refractivity contribution in [1.29, 1.82) is 0 Å². The van der Waals surface area contributed by atoms with Crippen molar-refractivity contribution in [2.75, 3.05) is 27.2 Å². The van der Waals surface area contributed by atoms with E-state index in [0.717, 1.165) is 37.9 Å². The molecule has 1 aromatic rings. The zero-order chi connectivity index (χ0) is 14.5. The Hall–Kier alpha value is -0.970. The summed E-state index contributed by atoms with van der Waals surface area (Å²) in [5.41, 5.74) is 1.13. The van der Waals surface area contributed by atoms with Crippen LogP contribution < -0.4 is 5.32 Å². The van der Waals surface area contributed by atoms with E-state index >= 15 is 0 Å². The normalized spacial score (nSPS) is 23.6. The third kappa shape index (κ3) is 4.27. The first-order valence-electron chi connectivity index (χ1n) is 7.38. The Morgan fingerprint density at radius 3 is 2.55 bits per heavy atom. The SMILES string of the molecule is CNC(CCN(C)CC1CC(O)C1)c1ccc(F)cc1. The first kappa shape index (κ1) is 15.4. The van der Waals surface area contributed by atoms with Crippen molar-refractivity contribution < 1.29 is 9.50 Å². The van der Waals surface area contributed by atoms with Crippen LogP contribution in [0.2, 0.25) is 0 Å². The summed E-state index contributed by atoms with van der Waals surface area (Å²) in [7, 11) is 4.07. The summed E-state index contributed by atoms with van der Waals surface area (Å²) in [4.78, 5) is 2.32. The van der Waals surface area contributed by atoms with E-state index in [0.29, 0.717) is 5.92 Å². The van der Waals surface area contributed by atoms with Gasteiger partial charge >= 0.3 is 0 Å². The lowest BCUT2D eigenvalue weighted by molar-refractivity contribution is 0.0279. The van der Waals surface area contributed by atoms with Crippen molar-refractivity contribution in [3.8, 4) is 0 Å². The molecule has 0 amide bonds. The Balaban J connectivity index is 1.76. The van der Waals surface area contributed by atoms with Gasteiger partial charge in [-0.3, -0.25) is 0 Å². The minimum atomic E-state index is -0.190. The van der Waals surface area contributed by atoms with Gasteiger partial charge in [-0.05, 0) is 63.5 Å². The molecular weight excluding hydrogens is 255 g/mol. The highest BCUT2D eigenvalue weighted by Crippen LogP contribution is 2.27. The number of halogens is 1. The fourth-order valence-corrected chi connectivity index (χ4v) is 2.90. The Morgan fingerprint density at radius 2 is 2.00 bits per heavy atom. The summed E-state index contributed by atoms with van der Waals surface area (Å²) in [5, 5.41) is 12.6. The standard InChI is InChI=1S/C16H25FN2O/c1-18-16(13-3-5-14(17)6-4-13)7-8-19(2)11-12-9-15(20)10-12/h3-6,12,15-16,18,20H,7-11H2,1-2H3. The molecule has 4 heteroatoms. The van der Waals surface area contributed by atoms with Crippen LogP contribution in [-0.4, -0.2) is 43.3 Å². The van der Waals surface area contributed by atoms with Gasteiger partial charge in [-0.1, -0.05) is 12.1 Å². The summed E-state index contributed by atoms with van der Waals surface area (Å²) in [6.45, 7) is 2.05. The fraction of sp³-hybridized carbons (Fsp3) is 0.625. The van der Waals surface area contributed by atoms with E-state index in [-0.39, 0.29) is 18.0 Å². The van der Waals surface area contributed by atoms with Gasteiger partial charge in [-0.2, -0.15) is 0 Å². The zero-order valence-electron chi connectivity index (χ0n) is 12.3. The zero-order valence-corrected chi connectivity index (χ0v) is 12.3. The van der Waals surface area contributed by atoms with Gasteiger partial charge in [0.15, 0.2) is 0 Å². The van der Waals surface area contributed by atoms with Crippen LogP contribution in [0.25, 0.3) is 0 Å². The molecule has 1 unspecified atom stereocenters. The van der Waals surface area contributed by atoms with Crippen LogP contribution in [0, 0.1) is 11.7 Å². The average molecular weight is 280 g/mol. The highest BCUT2D eigenvalue weighted by atomic mass is 19.1. The van der Waals surface area contributed by atoms with E-state index in [9.17, 15) is 9.50 Å². The van der Waals surface area contributed by atoms with Crippen molar-refractivity contribution in [2.45, 2.75) is 31.4 Å². The second-order valence-corrected chi connectivity index (χ2v) is 5.93. The average Bonchev–Trinajstić information content (AvgIpc) is 2.39. The number of benzene rings is 1. The maximum absolute atomic E-state index is 12.9. The molecule has 0 bridgehead atoms. The van der Waals surface area contributed by atoms with Crippen molar-refractivity contribution in [3.63, 3.8) is 0 Å². The number of nitrogens with one attached hydrogen (secondary N) is 1. The first-order chi connectivity index (χ1) is 9.58. The maximum atomic E-state index is 12.9. The lowest BCUT2D eigenvalue weighted by Crippen LogP contribution is -2.38. The van der Waals surface area contributed by atoms with Crippen LogP contribution in [0.3, 0.4) is 0 Å². The molecule has 0 saturated heterocycles. The number of aliphatic hydroxyl groups is 1. The molecule has 0 heterocycles. The van der Waals surface area contributed by atoms with Crippen molar-refractivity contribution in [2.24, 2.45) is 5.92 Å². The molecule has 3 nitrogen and oxygen atoms in total. The van der Waals surface area contributed by atoms with E-state index in [1.54, 1.807) is 0 Å². The van der Waals surface area contributed by atoms with E-state index in [1.807, 2.05) is 19.2 Å². The van der Waals surface area contributed by atoms with E-state index in [2.05, 4.69) is 17.3 Å². The number of nitrogens with zero attached hydrogens (tertiary/aromatic N) is 1. The monoisotopic (exact) mass is 280 g/mol. The van der Waals surface area contributed by atoms with Gasteiger partial charge in [0, 0.05) is 12.6 Å². The Morgan fingerprint density at radius 1 is 1.35 bits per heavy atom. The Bertz CT molecular complexity index is 403. The molecule has 1 atom stereocenters. The summed E-state index contributed by atoms with van der Waals surface area (Å²) >= 11 is 0. The fourth-order valence-electron chi connectivity index (χ4n) is 2.90. The van der Waals surface area contributed by atoms with Crippen LogP contribution in [0.4, 0.5) is 4.39 Å². The van der Waals surface area contributed by atoms with Crippen LogP contribution in [-0.2, 0) is 0 Å². The molecule has 0 aliphatic heterocycles. The highest BCUT2D eigenvalue weighted by molar-refractivity contribution is 5.19. The Kier molecular flexibility index (Phi) is 5.52. The minimum Gasteiger partial charge on any atom is -0.393 e. The largest absolute Gasteiger partial charge is 0.393 e. The molecule has 0 aromatic heterocycles. The lowest BCUT2D eigenvalue weighted by atomic mass is 9.82. The van der Waals surface area contributed by atoms with Crippen LogP contribution in [0.15, 0.2) is 24.3 Å². The number of hydrogen-bond donors (Lipinski definition) is 2. The minimum absolute atomic E-state index is 0.0716. The van der Waals surface area contributed by atoms with E-state index in [4.69, 9.17) is 0 Å². The smallest absolute Gasteiger partial charge is 0.123 e. The molecule has 1 aliphatic rings. The maximum Gasteiger partial charge on any atom is 0.123 e. The number of rotatable bonds is 7. The molecule has 112 valence electrons. The van der Waals surface area contributed by atoms with Gasteiger partial charge in [-0.25, -0.2) is 4.39 Å². The van der Waals surface area contributed by atoms with E-state index in [1.165, 1.54) is 12.1 Å². The third-order valence-electron chi connectivity index (χ3n) is 4.20. The molecule has 1 aliphatic carbocycles. The third-order valence-corrected chi connectivity index (χ3v) is 4.20. The molecule has 0 spiro atoms. The van der Waals surface area contributed by atoms with Crippen molar-refractivity contribution in [3.05, 3.63) is 35.6 Å². The summed E-state index contributed by atoms with van der Waals surface area (Å²) < 4.78 is 12.9. The van der Waals surface area contributed by atoms with Gasteiger partial charge < -0.3 is 15.3 Å². The van der Waals surface area contributed by atoms with Crippen molar-refractivity contribution in [1.82, 2.24) is 10.2 Å². The first-order valence-corrected chi connectivity index (χ1v) is 7.38. The molecule has 20 heavy (non-hydrogen) atoms. The predicted molar refractivity (Wildman–Crippen MR) is 79.0 cm³/mol. The molecule has 1 aromatic carbocycles. The lowest BCUT2D eigenvalue weighted by Gasteiger charge is -2.34. The topological polar surface area (TPSA) is 35.5 Å². The summed E-state index contributed by atoms with van der Waals surface area (Å²) in [5.74, 6) is 0.457. The quantitative estimate of drug-likeness (QED) is 0.803. The van der Waals surface area contributed by atoms with E-state index < -0.39 is 0 Å². The Labute approximate surface area is 120 Å². The van der Waals surface area contributed by atoms with Gasteiger partial charge in [0.05, 0.1) is 6.10 Å². The molecule has 2 N–H and O–H groups in total. The molecule has 1 fully saturated rings. The van der Waals surface area contributed by atoms with Crippen LogP contribution in [0.5, 0.6) is 0 Å². The second-order valence-electron chi connectivity index (χ2n) is 5.93. The van der Waals surface area contributed by atoms with Gasteiger partial charge in [0.2, 0.25) is 0 Å². The van der Waals surface area contributed by atoms with Gasteiger partial charge in [0.1, 0.15) is 5.82 Å². The number of hydrogen-bond acceptors (Lipinski definition) is 3. The number of aliphatic hydroxyl groups excluding tert-OH is 1.